The van der Waals surface area contributed by atoms with E-state index in [9.17, 15) is 10.2 Å². The van der Waals surface area contributed by atoms with E-state index in [1.54, 1.807) is 36.7 Å². The van der Waals surface area contributed by atoms with Gasteiger partial charge in [-0.1, -0.05) is 36.4 Å². The van der Waals surface area contributed by atoms with Crippen molar-refractivity contribution in [3.63, 3.8) is 0 Å². The first kappa shape index (κ1) is 16.9. The van der Waals surface area contributed by atoms with Crippen molar-refractivity contribution in [3.8, 4) is 11.5 Å². The largest absolute Gasteiger partial charge is 0.506 e. The number of nitrogens with zero attached hydrogens (tertiary/aromatic N) is 2. The van der Waals surface area contributed by atoms with Crippen LogP contribution in [0.2, 0.25) is 0 Å². The van der Waals surface area contributed by atoms with E-state index in [1.807, 2.05) is 36.4 Å². The van der Waals surface area contributed by atoms with Gasteiger partial charge in [-0.05, 0) is 24.3 Å². The molecule has 4 rings (SSSR count). The Labute approximate surface area is 146 Å². The molecule has 2 heterocycles. The Morgan fingerprint density at radius 2 is 0.957 bits per heavy atom. The second-order valence-corrected chi connectivity index (χ2v) is 4.70. The third-order valence-electron chi connectivity index (χ3n) is 3.22. The first-order chi connectivity index (χ1) is 10.8. The zero-order chi connectivity index (χ0) is 15.4. The predicted octanol–water partition coefficient (Wildman–Crippen LogP) is 3.50. The van der Waals surface area contributed by atoms with Crippen LogP contribution in [-0.2, 0) is 0 Å². The van der Waals surface area contributed by atoms with Gasteiger partial charge in [0, 0.05) is 43.0 Å². The number of rotatable bonds is 0. The van der Waals surface area contributed by atoms with Gasteiger partial charge in [0.2, 0.25) is 0 Å². The Morgan fingerprint density at radius 1 is 0.565 bits per heavy atom. The van der Waals surface area contributed by atoms with E-state index in [4.69, 9.17) is 0 Å². The maximum atomic E-state index is 9.31. The van der Waals surface area contributed by atoms with Crippen LogP contribution in [0.5, 0.6) is 11.5 Å². The Kier molecular flexibility index (Phi) is 5.62. The first-order valence-electron chi connectivity index (χ1n) is 6.81. The smallest absolute Gasteiger partial charge is 0.141 e. The molecule has 0 aliphatic carbocycles. The van der Waals surface area contributed by atoms with E-state index in [1.165, 1.54) is 0 Å². The number of aromatic nitrogens is 2. The van der Waals surface area contributed by atoms with Crippen molar-refractivity contribution in [3.05, 3.63) is 73.1 Å². The molecule has 0 unspecified atom stereocenters. The molecule has 0 amide bonds. The molecule has 3 radical (unpaired) electrons. The van der Waals surface area contributed by atoms with E-state index >= 15 is 0 Å². The summed E-state index contributed by atoms with van der Waals surface area (Å²) in [6.07, 6.45) is 3.34. The molecule has 4 nitrogen and oxygen atoms in total. The van der Waals surface area contributed by atoms with Crippen molar-refractivity contribution in [1.82, 2.24) is 9.97 Å². The summed E-state index contributed by atoms with van der Waals surface area (Å²) in [5.74, 6) is 0.478. The monoisotopic (exact) mass is 359 g/mol. The van der Waals surface area contributed by atoms with E-state index in [-0.39, 0.29) is 31.3 Å². The third-order valence-corrected chi connectivity index (χ3v) is 3.22. The van der Waals surface area contributed by atoms with Gasteiger partial charge in [0.25, 0.3) is 0 Å². The minimum atomic E-state index is 0. The molecule has 2 aromatic heterocycles. The quantitative estimate of drug-likeness (QED) is 0.471. The number of para-hydroxylation sites is 2. The van der Waals surface area contributed by atoms with Crippen LogP contribution >= 0.6 is 0 Å². The maximum absolute atomic E-state index is 9.31. The third kappa shape index (κ3) is 3.83. The van der Waals surface area contributed by atoms with Crippen molar-refractivity contribution >= 4 is 41.6 Å². The number of benzene rings is 2. The van der Waals surface area contributed by atoms with Gasteiger partial charge in [0.1, 0.15) is 22.5 Å². The van der Waals surface area contributed by atoms with Crippen molar-refractivity contribution in [2.45, 2.75) is 0 Å². The summed E-state index contributed by atoms with van der Waals surface area (Å²) in [5.41, 5.74) is 1.32. The number of phenols is 2. The Bertz CT molecular complexity index is 841. The minimum absolute atomic E-state index is 0. The van der Waals surface area contributed by atoms with Gasteiger partial charge in [-0.2, -0.15) is 0 Å². The summed E-state index contributed by atoms with van der Waals surface area (Å²) in [6.45, 7) is 0. The minimum Gasteiger partial charge on any atom is -0.506 e. The Morgan fingerprint density at radius 3 is 1.35 bits per heavy atom. The summed E-state index contributed by atoms with van der Waals surface area (Å²) in [7, 11) is 0. The second-order valence-electron chi connectivity index (χ2n) is 4.70. The van der Waals surface area contributed by atoms with Crippen molar-refractivity contribution in [1.29, 1.82) is 0 Å². The van der Waals surface area contributed by atoms with Gasteiger partial charge >= 0.3 is 0 Å². The molecule has 111 valence electrons. The number of hydrogen-bond donors (Lipinski definition) is 2. The zero-order valence-electron chi connectivity index (χ0n) is 12.3. The van der Waals surface area contributed by atoms with Gasteiger partial charge in [-0.3, -0.25) is 9.97 Å². The first-order valence-corrected chi connectivity index (χ1v) is 6.81. The Hall–Kier alpha value is -2.50. The molecule has 23 heavy (non-hydrogen) atoms. The van der Waals surface area contributed by atoms with Crippen LogP contribution < -0.4 is 0 Å². The van der Waals surface area contributed by atoms with Crippen LogP contribution in [0.3, 0.4) is 0 Å². The topological polar surface area (TPSA) is 66.2 Å². The molecule has 0 atom stereocenters. The molecule has 0 aliphatic heterocycles. The van der Waals surface area contributed by atoms with Crippen molar-refractivity contribution < 1.29 is 10.2 Å². The van der Waals surface area contributed by atoms with Gasteiger partial charge in [0.05, 0.1) is 0 Å². The number of fused-ring (bicyclic) bond motifs is 2. The maximum Gasteiger partial charge on any atom is 0.141 e. The number of aromatic hydroxyl groups is 2. The second kappa shape index (κ2) is 7.67. The van der Waals surface area contributed by atoms with Crippen molar-refractivity contribution in [2.75, 3.05) is 0 Å². The molecule has 4 aromatic rings. The van der Waals surface area contributed by atoms with Crippen molar-refractivity contribution in [2.24, 2.45) is 0 Å². The average molecular weight is 360 g/mol. The fourth-order valence-electron chi connectivity index (χ4n) is 2.18. The predicted molar refractivity (Wildman–Crippen MR) is 92.6 cm³/mol. The van der Waals surface area contributed by atoms with Crippen LogP contribution in [0.4, 0.5) is 0 Å². The summed E-state index contributed by atoms with van der Waals surface area (Å²) < 4.78 is 0. The molecule has 0 fully saturated rings. The summed E-state index contributed by atoms with van der Waals surface area (Å²) in [4.78, 5) is 8.06. The average Bonchev–Trinajstić information content (AvgIpc) is 2.57. The fraction of sp³-hybridized carbons (Fsp3) is 0. The molecular formula is C18H14GaN2O2. The van der Waals surface area contributed by atoms with Crippen LogP contribution in [0.25, 0.3) is 21.8 Å². The zero-order valence-corrected chi connectivity index (χ0v) is 14.7. The summed E-state index contributed by atoms with van der Waals surface area (Å²) in [5, 5.41) is 20.5. The normalized spacial score (nSPS) is 9.74. The number of hydrogen-bond acceptors (Lipinski definition) is 4. The molecule has 0 saturated carbocycles. The standard InChI is InChI=1S/2C9H7NO.Ga/c2*11-8-5-1-3-7-4-2-6-10-9(7)8;/h2*1-6,11H;. The summed E-state index contributed by atoms with van der Waals surface area (Å²) in [6, 6.07) is 18.3. The number of phenolic OH excluding ortho intramolecular Hbond substituents is 2. The summed E-state index contributed by atoms with van der Waals surface area (Å²) >= 11 is 0. The van der Waals surface area contributed by atoms with Crippen LogP contribution in [0.15, 0.2) is 73.1 Å². The molecule has 2 N–H and O–H groups in total. The Balaban J connectivity index is 0.000000160. The molecule has 0 saturated heterocycles. The van der Waals surface area contributed by atoms with Crippen LogP contribution in [0.1, 0.15) is 0 Å². The molecular weight excluding hydrogens is 346 g/mol. The SMILES string of the molecule is Oc1cccc2cccnc12.Oc1cccc2cccnc12.[Ga]. The van der Waals surface area contributed by atoms with Crippen LogP contribution in [-0.4, -0.2) is 40.0 Å². The fourth-order valence-corrected chi connectivity index (χ4v) is 2.18. The van der Waals surface area contributed by atoms with E-state index in [0.717, 1.165) is 10.8 Å². The van der Waals surface area contributed by atoms with E-state index in [2.05, 4.69) is 9.97 Å². The van der Waals surface area contributed by atoms with E-state index in [0.29, 0.717) is 11.0 Å². The molecule has 5 heteroatoms. The molecule has 0 bridgehead atoms. The molecule has 2 aromatic carbocycles. The van der Waals surface area contributed by atoms with Gasteiger partial charge in [-0.15, -0.1) is 0 Å². The number of pyridine rings is 2. The molecule has 0 aliphatic rings. The van der Waals surface area contributed by atoms with Crippen LogP contribution in [0, 0.1) is 0 Å². The van der Waals surface area contributed by atoms with Gasteiger partial charge in [0.15, 0.2) is 0 Å². The molecule has 0 spiro atoms. The van der Waals surface area contributed by atoms with Gasteiger partial charge in [-0.25, -0.2) is 0 Å². The van der Waals surface area contributed by atoms with Gasteiger partial charge < -0.3 is 10.2 Å². The van der Waals surface area contributed by atoms with E-state index < -0.39 is 0 Å².